The lowest BCUT2D eigenvalue weighted by Gasteiger charge is -2.21. The van der Waals surface area contributed by atoms with Crippen LogP contribution in [0.4, 0.5) is 0 Å². The summed E-state index contributed by atoms with van der Waals surface area (Å²) in [6, 6.07) is 74.4. The molecule has 59 heavy (non-hydrogen) atoms. The van der Waals surface area contributed by atoms with Crippen LogP contribution in [0, 0.1) is 0 Å². The number of imidazole rings is 1. The molecule has 0 aliphatic carbocycles. The highest BCUT2D eigenvalue weighted by atomic mass is 31.2. The third kappa shape index (κ3) is 5.22. The smallest absolute Gasteiger partial charge is 0.171 e. The third-order valence-corrected chi connectivity index (χ3v) is 15.3. The molecule has 3 nitrogen and oxygen atoms in total. The molecule has 0 radical (unpaired) electrons. The topological polar surface area (TPSA) is 34.4 Å². The van der Waals surface area contributed by atoms with Gasteiger partial charge in [0.15, 0.2) is 7.14 Å². The molecule has 0 aliphatic rings. The standard InChI is InChI=1S/C55H35N2OP/c58-59(44-16-2-1-3-17-44,46-31-27-36-11-4-5-13-41(36)33-46)45-29-25-38(26-30-45)37-21-23-40(24-22-37)48-19-10-20-51-54(48)57-52-35-43-15-7-6-14-42(43)34-50(52)49-32-28-39-12-8-9-18-47(39)53(49)55(57)56-51/h1-35H. The van der Waals surface area contributed by atoms with Gasteiger partial charge in [0.2, 0.25) is 0 Å². The van der Waals surface area contributed by atoms with Crippen LogP contribution in [0.3, 0.4) is 0 Å². The minimum atomic E-state index is -3.15. The average Bonchev–Trinajstić information content (AvgIpc) is 3.71. The molecule has 0 amide bonds. The number of pyridine rings is 1. The Bertz CT molecular complexity index is 3680. The van der Waals surface area contributed by atoms with Crippen LogP contribution in [-0.2, 0) is 4.57 Å². The predicted octanol–water partition coefficient (Wildman–Crippen LogP) is 13.2. The molecule has 2 aromatic heterocycles. The van der Waals surface area contributed by atoms with Crippen LogP contribution in [0.1, 0.15) is 0 Å². The average molecular weight is 771 g/mol. The fraction of sp³-hybridized carbons (Fsp3) is 0. The molecule has 4 heteroatoms. The van der Waals surface area contributed by atoms with Crippen molar-refractivity contribution in [2.24, 2.45) is 0 Å². The molecule has 0 N–H and O–H groups in total. The number of hydrogen-bond acceptors (Lipinski definition) is 2. The monoisotopic (exact) mass is 770 g/mol. The minimum Gasteiger partial charge on any atom is -0.309 e. The van der Waals surface area contributed by atoms with Gasteiger partial charge in [-0.1, -0.05) is 188 Å². The molecule has 0 aliphatic heterocycles. The van der Waals surface area contributed by atoms with Gasteiger partial charge in [-0.15, -0.1) is 0 Å². The highest BCUT2D eigenvalue weighted by Gasteiger charge is 2.30. The van der Waals surface area contributed by atoms with E-state index in [0.29, 0.717) is 0 Å². The summed E-state index contributed by atoms with van der Waals surface area (Å²) in [5, 5.41) is 13.1. The third-order valence-electron chi connectivity index (χ3n) is 12.2. The van der Waals surface area contributed by atoms with Crippen molar-refractivity contribution >= 4 is 93.7 Å². The second-order valence-electron chi connectivity index (χ2n) is 15.5. The lowest BCUT2D eigenvalue weighted by molar-refractivity contribution is 0.592. The number of fused-ring (bicyclic) bond motifs is 12. The first-order chi connectivity index (χ1) is 29.1. The second kappa shape index (κ2) is 13.1. The van der Waals surface area contributed by atoms with Gasteiger partial charge in [0, 0.05) is 32.2 Å². The number of rotatable bonds is 5. The summed E-state index contributed by atoms with van der Waals surface area (Å²) in [7, 11) is -3.15. The summed E-state index contributed by atoms with van der Waals surface area (Å²) in [4.78, 5) is 5.40. The van der Waals surface area contributed by atoms with Gasteiger partial charge in [0.1, 0.15) is 5.65 Å². The zero-order valence-electron chi connectivity index (χ0n) is 32.0. The van der Waals surface area contributed by atoms with Gasteiger partial charge in [-0.25, -0.2) is 4.98 Å². The van der Waals surface area contributed by atoms with E-state index in [1.807, 2.05) is 60.7 Å². The quantitative estimate of drug-likeness (QED) is 0.0992. The maximum atomic E-state index is 15.4. The number of nitrogens with zero attached hydrogens (tertiary/aromatic N) is 2. The lowest BCUT2D eigenvalue weighted by Crippen LogP contribution is -2.25. The summed E-state index contributed by atoms with van der Waals surface area (Å²) in [6.45, 7) is 0. The normalized spacial score (nSPS) is 12.9. The maximum absolute atomic E-state index is 15.4. The van der Waals surface area contributed by atoms with E-state index in [1.54, 1.807) is 0 Å². The molecule has 0 fully saturated rings. The van der Waals surface area contributed by atoms with E-state index in [0.717, 1.165) is 71.1 Å². The van der Waals surface area contributed by atoms with Crippen LogP contribution in [0.2, 0.25) is 0 Å². The summed E-state index contributed by atoms with van der Waals surface area (Å²) >= 11 is 0. The van der Waals surface area contributed by atoms with Crippen LogP contribution < -0.4 is 15.9 Å². The van der Waals surface area contributed by atoms with Crippen molar-refractivity contribution in [3.63, 3.8) is 0 Å². The Morgan fingerprint density at radius 1 is 0.390 bits per heavy atom. The van der Waals surface area contributed by atoms with Crippen molar-refractivity contribution in [2.45, 2.75) is 0 Å². The van der Waals surface area contributed by atoms with Crippen molar-refractivity contribution in [1.29, 1.82) is 0 Å². The van der Waals surface area contributed by atoms with Gasteiger partial charge < -0.3 is 4.57 Å². The molecule has 0 spiro atoms. The fourth-order valence-corrected chi connectivity index (χ4v) is 12.0. The molecule has 276 valence electrons. The molecule has 0 bridgehead atoms. The van der Waals surface area contributed by atoms with Gasteiger partial charge in [-0.05, 0) is 78.7 Å². The Labute approximate surface area is 340 Å². The van der Waals surface area contributed by atoms with Gasteiger partial charge in [0.25, 0.3) is 0 Å². The minimum absolute atomic E-state index is 0.818. The largest absolute Gasteiger partial charge is 0.309 e. The predicted molar refractivity (Wildman–Crippen MR) is 250 cm³/mol. The Kier molecular flexibility index (Phi) is 7.51. The van der Waals surface area contributed by atoms with Crippen LogP contribution in [-0.4, -0.2) is 9.38 Å². The molecule has 2 heterocycles. The fourth-order valence-electron chi connectivity index (χ4n) is 9.29. The van der Waals surface area contributed by atoms with Crippen molar-refractivity contribution in [1.82, 2.24) is 9.38 Å². The highest BCUT2D eigenvalue weighted by molar-refractivity contribution is 7.85. The first kappa shape index (κ1) is 33.8. The summed E-state index contributed by atoms with van der Waals surface area (Å²) in [5.74, 6) is 0. The van der Waals surface area contributed by atoms with Gasteiger partial charge in [-0.3, -0.25) is 4.40 Å². The van der Waals surface area contributed by atoms with Crippen LogP contribution in [0.5, 0.6) is 0 Å². The Morgan fingerprint density at radius 2 is 0.966 bits per heavy atom. The molecule has 1 unspecified atom stereocenters. The highest BCUT2D eigenvalue weighted by Crippen LogP contribution is 2.44. The summed E-state index contributed by atoms with van der Waals surface area (Å²) in [6.07, 6.45) is 0. The number of para-hydroxylation sites is 1. The molecule has 1 atom stereocenters. The van der Waals surface area contributed by atoms with E-state index < -0.39 is 7.14 Å². The van der Waals surface area contributed by atoms with Crippen LogP contribution in [0.15, 0.2) is 212 Å². The van der Waals surface area contributed by atoms with Gasteiger partial charge in [-0.2, -0.15) is 0 Å². The summed E-state index contributed by atoms with van der Waals surface area (Å²) in [5.41, 5.74) is 8.59. The van der Waals surface area contributed by atoms with E-state index in [-0.39, 0.29) is 0 Å². The Morgan fingerprint density at radius 3 is 1.73 bits per heavy atom. The molecule has 12 aromatic rings. The van der Waals surface area contributed by atoms with E-state index in [1.165, 1.54) is 37.7 Å². The first-order valence-corrected chi connectivity index (χ1v) is 21.8. The van der Waals surface area contributed by atoms with E-state index in [9.17, 15) is 0 Å². The maximum Gasteiger partial charge on any atom is 0.171 e. The van der Waals surface area contributed by atoms with Gasteiger partial charge in [0.05, 0.1) is 16.6 Å². The van der Waals surface area contributed by atoms with Crippen molar-refractivity contribution in [3.05, 3.63) is 212 Å². The SMILES string of the molecule is O=P(c1ccccc1)(c1ccc(-c2ccc(-c3cccc4nc5c6c7ccccc7ccc6c6cc7ccccc7cc6n5c34)cc2)cc1)c1ccc2ccccc2c1. The molecule has 10 aromatic carbocycles. The molecule has 0 saturated heterocycles. The van der Waals surface area contributed by atoms with Crippen molar-refractivity contribution < 1.29 is 4.57 Å². The Balaban J connectivity index is 0.992. The van der Waals surface area contributed by atoms with Crippen molar-refractivity contribution in [2.75, 3.05) is 0 Å². The molecular weight excluding hydrogens is 736 g/mol. The summed E-state index contributed by atoms with van der Waals surface area (Å²) < 4.78 is 17.8. The first-order valence-electron chi connectivity index (χ1n) is 20.1. The Hall–Kier alpha value is -7.32. The van der Waals surface area contributed by atoms with Crippen molar-refractivity contribution in [3.8, 4) is 22.3 Å². The van der Waals surface area contributed by atoms with E-state index in [4.69, 9.17) is 4.98 Å². The zero-order valence-corrected chi connectivity index (χ0v) is 32.9. The molecule has 0 saturated carbocycles. The molecular formula is C55H35N2OP. The van der Waals surface area contributed by atoms with Gasteiger partial charge >= 0.3 is 0 Å². The van der Waals surface area contributed by atoms with E-state index >= 15 is 4.57 Å². The zero-order chi connectivity index (χ0) is 39.1. The van der Waals surface area contributed by atoms with E-state index in [2.05, 4.69) is 156 Å². The lowest BCUT2D eigenvalue weighted by atomic mass is 9.97. The second-order valence-corrected chi connectivity index (χ2v) is 18.2. The number of aromatic nitrogens is 2. The number of hydrogen-bond donors (Lipinski definition) is 0. The van der Waals surface area contributed by atoms with Crippen LogP contribution >= 0.6 is 7.14 Å². The number of benzene rings is 10. The van der Waals surface area contributed by atoms with Crippen LogP contribution in [0.25, 0.3) is 92.9 Å². The molecule has 12 rings (SSSR count).